The van der Waals surface area contributed by atoms with E-state index in [-0.39, 0.29) is 0 Å². The summed E-state index contributed by atoms with van der Waals surface area (Å²) < 4.78 is 6.96. The molecular weight excluding hydrogens is 350 g/mol. The van der Waals surface area contributed by atoms with E-state index in [1.165, 1.54) is 0 Å². The Morgan fingerprint density at radius 3 is 2.71 bits per heavy atom. The van der Waals surface area contributed by atoms with Crippen molar-refractivity contribution in [3.05, 3.63) is 62.6 Å². The topological polar surface area (TPSA) is 21.3 Å². The number of benzene rings is 2. The smallest absolute Gasteiger partial charge is 0.138 e. The maximum Gasteiger partial charge on any atom is 0.138 e. The van der Waals surface area contributed by atoms with E-state index in [9.17, 15) is 0 Å². The Morgan fingerprint density at radius 2 is 2.00 bits per heavy atom. The molecule has 1 N–H and O–H groups in total. The highest BCUT2D eigenvalue weighted by atomic mass is 79.9. The molecule has 0 aromatic heterocycles. The van der Waals surface area contributed by atoms with Crippen molar-refractivity contribution < 1.29 is 4.74 Å². The average molecular weight is 369 g/mol. The molecule has 2 rings (SSSR count). The predicted molar refractivity (Wildman–Crippen MR) is 92.0 cm³/mol. The van der Waals surface area contributed by atoms with E-state index in [2.05, 4.69) is 34.2 Å². The van der Waals surface area contributed by atoms with E-state index in [1.54, 1.807) is 0 Å². The van der Waals surface area contributed by atoms with Crippen molar-refractivity contribution in [1.82, 2.24) is 5.32 Å². The molecule has 0 spiro atoms. The minimum absolute atomic E-state index is 0.459. The summed E-state index contributed by atoms with van der Waals surface area (Å²) >= 11 is 9.81. The summed E-state index contributed by atoms with van der Waals surface area (Å²) in [5.74, 6) is 0.870. The van der Waals surface area contributed by atoms with Crippen LogP contribution in [0.1, 0.15) is 23.6 Å². The minimum Gasteiger partial charge on any atom is -0.487 e. The zero-order chi connectivity index (χ0) is 15.2. The van der Waals surface area contributed by atoms with E-state index in [1.807, 2.05) is 37.3 Å². The highest BCUT2D eigenvalue weighted by Gasteiger charge is 2.09. The van der Waals surface area contributed by atoms with Gasteiger partial charge in [-0.25, -0.2) is 0 Å². The molecule has 0 unspecified atom stereocenters. The Hall–Kier alpha value is -1.03. The summed E-state index contributed by atoms with van der Waals surface area (Å²) in [7, 11) is 0. The Balaban J connectivity index is 2.15. The van der Waals surface area contributed by atoms with Crippen LogP contribution in [0.5, 0.6) is 5.75 Å². The van der Waals surface area contributed by atoms with Crippen molar-refractivity contribution in [2.24, 2.45) is 0 Å². The van der Waals surface area contributed by atoms with E-state index in [0.29, 0.717) is 6.61 Å². The van der Waals surface area contributed by atoms with Gasteiger partial charge in [0.25, 0.3) is 0 Å². The summed E-state index contributed by atoms with van der Waals surface area (Å²) in [6.45, 7) is 6.28. The summed E-state index contributed by atoms with van der Waals surface area (Å²) in [6.07, 6.45) is 0. The third kappa shape index (κ3) is 4.47. The molecule has 2 aromatic rings. The van der Waals surface area contributed by atoms with E-state index < -0.39 is 0 Å². The number of ether oxygens (including phenoxy) is 1. The lowest BCUT2D eigenvalue weighted by Crippen LogP contribution is -2.13. The lowest BCUT2D eigenvalue weighted by Gasteiger charge is -2.14. The highest BCUT2D eigenvalue weighted by Crippen LogP contribution is 2.30. The number of hydrogen-bond acceptors (Lipinski definition) is 2. The van der Waals surface area contributed by atoms with Crippen LogP contribution in [-0.2, 0) is 13.2 Å². The molecule has 0 aliphatic carbocycles. The molecule has 2 aromatic carbocycles. The molecule has 21 heavy (non-hydrogen) atoms. The standard InChI is InChI=1S/C17H19BrClNO/c1-3-20-10-13-5-4-6-15(18)17(13)21-11-14-8-7-12(2)9-16(14)19/h4-9,20H,3,10-11H2,1-2H3. The van der Waals surface area contributed by atoms with Crippen LogP contribution in [0.25, 0.3) is 0 Å². The Bertz CT molecular complexity index is 616. The van der Waals surface area contributed by atoms with Gasteiger partial charge in [0.1, 0.15) is 12.4 Å². The molecule has 0 atom stereocenters. The normalized spacial score (nSPS) is 10.7. The molecule has 4 heteroatoms. The van der Waals surface area contributed by atoms with Crippen molar-refractivity contribution in [3.8, 4) is 5.75 Å². The van der Waals surface area contributed by atoms with Gasteiger partial charge in [-0.1, -0.05) is 42.8 Å². The second-order valence-corrected chi connectivity index (χ2v) is 6.15. The lowest BCUT2D eigenvalue weighted by molar-refractivity contribution is 0.300. The number of para-hydroxylation sites is 1. The van der Waals surface area contributed by atoms with Gasteiger partial charge in [-0.3, -0.25) is 0 Å². The predicted octanol–water partition coefficient (Wildman–Crippen LogP) is 5.10. The van der Waals surface area contributed by atoms with Crippen molar-refractivity contribution in [2.45, 2.75) is 27.0 Å². The maximum atomic E-state index is 6.25. The van der Waals surface area contributed by atoms with Gasteiger partial charge in [-0.15, -0.1) is 0 Å². The first-order valence-corrected chi connectivity index (χ1v) is 8.15. The van der Waals surface area contributed by atoms with Gasteiger partial charge in [0.05, 0.1) is 4.47 Å². The van der Waals surface area contributed by atoms with Crippen molar-refractivity contribution in [1.29, 1.82) is 0 Å². The molecule has 2 nitrogen and oxygen atoms in total. The first-order valence-electron chi connectivity index (χ1n) is 6.97. The number of hydrogen-bond donors (Lipinski definition) is 1. The third-order valence-electron chi connectivity index (χ3n) is 3.19. The van der Waals surface area contributed by atoms with Gasteiger partial charge in [-0.2, -0.15) is 0 Å². The molecule has 0 aliphatic heterocycles. The molecule has 0 saturated carbocycles. The minimum atomic E-state index is 0.459. The van der Waals surface area contributed by atoms with Gasteiger partial charge < -0.3 is 10.1 Å². The van der Waals surface area contributed by atoms with E-state index in [0.717, 1.165) is 45.0 Å². The largest absolute Gasteiger partial charge is 0.487 e. The molecule has 0 bridgehead atoms. The van der Waals surface area contributed by atoms with Crippen molar-refractivity contribution in [3.63, 3.8) is 0 Å². The van der Waals surface area contributed by atoms with Gasteiger partial charge >= 0.3 is 0 Å². The fourth-order valence-electron chi connectivity index (χ4n) is 2.03. The zero-order valence-electron chi connectivity index (χ0n) is 12.2. The van der Waals surface area contributed by atoms with Crippen LogP contribution < -0.4 is 10.1 Å². The van der Waals surface area contributed by atoms with Crippen molar-refractivity contribution >= 4 is 27.5 Å². The van der Waals surface area contributed by atoms with Gasteiger partial charge in [-0.05, 0) is 47.1 Å². The fraction of sp³-hybridized carbons (Fsp3) is 0.294. The Labute approximate surface area is 139 Å². The van der Waals surface area contributed by atoms with Crippen LogP contribution in [0.2, 0.25) is 5.02 Å². The van der Waals surface area contributed by atoms with Gasteiger partial charge in [0.15, 0.2) is 0 Å². The van der Waals surface area contributed by atoms with Gasteiger partial charge in [0.2, 0.25) is 0 Å². The molecule has 0 saturated heterocycles. The molecule has 0 fully saturated rings. The van der Waals surface area contributed by atoms with Crippen LogP contribution in [0.15, 0.2) is 40.9 Å². The van der Waals surface area contributed by atoms with Crippen LogP contribution in [0.3, 0.4) is 0 Å². The molecule has 0 radical (unpaired) electrons. The average Bonchev–Trinajstić information content (AvgIpc) is 2.45. The van der Waals surface area contributed by atoms with Crippen LogP contribution in [0, 0.1) is 6.92 Å². The fourth-order valence-corrected chi connectivity index (χ4v) is 2.84. The first kappa shape index (κ1) is 16.3. The summed E-state index contributed by atoms with van der Waals surface area (Å²) in [6, 6.07) is 12.1. The quantitative estimate of drug-likeness (QED) is 0.766. The summed E-state index contributed by atoms with van der Waals surface area (Å²) in [5.41, 5.74) is 3.28. The van der Waals surface area contributed by atoms with Crippen LogP contribution >= 0.6 is 27.5 Å². The monoisotopic (exact) mass is 367 g/mol. The number of rotatable bonds is 6. The first-order chi connectivity index (χ1) is 10.1. The second-order valence-electron chi connectivity index (χ2n) is 4.89. The van der Waals surface area contributed by atoms with Crippen LogP contribution in [0.4, 0.5) is 0 Å². The third-order valence-corrected chi connectivity index (χ3v) is 4.17. The Kier molecular flexibility index (Phi) is 6.09. The van der Waals surface area contributed by atoms with E-state index in [4.69, 9.17) is 16.3 Å². The number of nitrogens with one attached hydrogen (secondary N) is 1. The van der Waals surface area contributed by atoms with E-state index >= 15 is 0 Å². The SMILES string of the molecule is CCNCc1cccc(Br)c1OCc1ccc(C)cc1Cl. The molecule has 0 aliphatic rings. The lowest BCUT2D eigenvalue weighted by atomic mass is 10.1. The number of halogens is 2. The number of aryl methyl sites for hydroxylation is 1. The van der Waals surface area contributed by atoms with Crippen molar-refractivity contribution in [2.75, 3.05) is 6.54 Å². The second kappa shape index (κ2) is 7.83. The molecular formula is C17H19BrClNO. The van der Waals surface area contributed by atoms with Crippen LogP contribution in [-0.4, -0.2) is 6.54 Å². The molecule has 0 amide bonds. The maximum absolute atomic E-state index is 6.25. The van der Waals surface area contributed by atoms with Gasteiger partial charge in [0, 0.05) is 22.7 Å². The molecule has 0 heterocycles. The highest BCUT2D eigenvalue weighted by molar-refractivity contribution is 9.10. The molecule has 112 valence electrons. The summed E-state index contributed by atoms with van der Waals surface area (Å²) in [5, 5.41) is 4.07. The summed E-state index contributed by atoms with van der Waals surface area (Å²) in [4.78, 5) is 0. The zero-order valence-corrected chi connectivity index (χ0v) is 14.6. The Morgan fingerprint density at radius 1 is 1.19 bits per heavy atom.